The summed E-state index contributed by atoms with van der Waals surface area (Å²) in [6, 6.07) is 15.5. The summed E-state index contributed by atoms with van der Waals surface area (Å²) in [6.45, 7) is 6.98. The van der Waals surface area contributed by atoms with E-state index >= 15 is 0 Å². The quantitative estimate of drug-likeness (QED) is 0.880. The topological polar surface area (TPSA) is 24.5 Å². The van der Waals surface area contributed by atoms with Gasteiger partial charge < -0.3 is 10.1 Å². The maximum absolute atomic E-state index is 13.7. The molecule has 1 saturated heterocycles. The van der Waals surface area contributed by atoms with Gasteiger partial charge in [0.2, 0.25) is 0 Å². The first-order valence-corrected chi connectivity index (χ1v) is 8.56. The van der Waals surface area contributed by atoms with Crippen molar-refractivity contribution in [1.82, 2.24) is 10.2 Å². The first-order valence-electron chi connectivity index (χ1n) is 8.56. The zero-order valence-electron chi connectivity index (χ0n) is 14.2. The summed E-state index contributed by atoms with van der Waals surface area (Å²) in [5.41, 5.74) is 3.62. The molecule has 0 bridgehead atoms. The molecule has 1 fully saturated rings. The second kappa shape index (κ2) is 8.38. The third-order valence-electron chi connectivity index (χ3n) is 4.63. The van der Waals surface area contributed by atoms with Gasteiger partial charge in [0, 0.05) is 32.2 Å². The van der Waals surface area contributed by atoms with Crippen LogP contribution >= 0.6 is 0 Å². The van der Waals surface area contributed by atoms with Crippen molar-refractivity contribution in [2.45, 2.75) is 19.5 Å². The maximum atomic E-state index is 13.7. The number of nitrogens with zero attached hydrogens (tertiary/aromatic N) is 1. The van der Waals surface area contributed by atoms with Crippen molar-refractivity contribution in [2.75, 3.05) is 32.8 Å². The lowest BCUT2D eigenvalue weighted by Crippen LogP contribution is -2.42. The molecule has 1 N–H and O–H groups in total. The zero-order valence-corrected chi connectivity index (χ0v) is 14.2. The highest BCUT2D eigenvalue weighted by Gasteiger charge is 2.22. The Kier molecular flexibility index (Phi) is 5.96. The summed E-state index contributed by atoms with van der Waals surface area (Å²) in [7, 11) is 0. The van der Waals surface area contributed by atoms with Gasteiger partial charge in [0.25, 0.3) is 0 Å². The summed E-state index contributed by atoms with van der Waals surface area (Å²) in [5, 5.41) is 3.55. The van der Waals surface area contributed by atoms with Crippen LogP contribution in [0.25, 0.3) is 0 Å². The van der Waals surface area contributed by atoms with Gasteiger partial charge in [-0.1, -0.05) is 36.4 Å². The fraction of sp³-hybridized carbons (Fsp3) is 0.400. The minimum absolute atomic E-state index is 0.161. The molecule has 2 aromatic rings. The molecule has 128 valence electrons. The van der Waals surface area contributed by atoms with Crippen LogP contribution in [0.15, 0.2) is 48.5 Å². The molecule has 1 atom stereocenters. The van der Waals surface area contributed by atoms with Crippen LogP contribution in [0.4, 0.5) is 4.39 Å². The highest BCUT2D eigenvalue weighted by molar-refractivity contribution is 5.25. The van der Waals surface area contributed by atoms with Crippen LogP contribution < -0.4 is 5.32 Å². The molecule has 1 unspecified atom stereocenters. The number of ether oxygens (including phenoxy) is 1. The summed E-state index contributed by atoms with van der Waals surface area (Å²) >= 11 is 0. The Labute approximate surface area is 143 Å². The molecule has 0 aromatic heterocycles. The third kappa shape index (κ3) is 4.41. The van der Waals surface area contributed by atoms with Crippen LogP contribution in [0.2, 0.25) is 0 Å². The molecule has 24 heavy (non-hydrogen) atoms. The van der Waals surface area contributed by atoms with Gasteiger partial charge >= 0.3 is 0 Å². The molecule has 4 heteroatoms. The van der Waals surface area contributed by atoms with Crippen molar-refractivity contribution in [2.24, 2.45) is 0 Å². The molecule has 3 nitrogen and oxygen atoms in total. The molecular weight excluding hydrogens is 303 g/mol. The number of hydrogen-bond acceptors (Lipinski definition) is 3. The number of rotatable bonds is 6. The third-order valence-corrected chi connectivity index (χ3v) is 4.63. The molecule has 3 rings (SSSR count). The van der Waals surface area contributed by atoms with Crippen molar-refractivity contribution < 1.29 is 9.13 Å². The second-order valence-electron chi connectivity index (χ2n) is 6.28. The van der Waals surface area contributed by atoms with E-state index in [2.05, 4.69) is 41.4 Å². The summed E-state index contributed by atoms with van der Waals surface area (Å²) in [4.78, 5) is 2.38. The van der Waals surface area contributed by atoms with Crippen LogP contribution in [0, 0.1) is 12.7 Å². The molecule has 0 amide bonds. The fourth-order valence-electron chi connectivity index (χ4n) is 3.21. The lowest BCUT2D eigenvalue weighted by atomic mass is 10.0. The Morgan fingerprint density at radius 3 is 2.67 bits per heavy atom. The Hall–Kier alpha value is -1.75. The smallest absolute Gasteiger partial charge is 0.123 e. The predicted octanol–water partition coefficient (Wildman–Crippen LogP) is 3.30. The van der Waals surface area contributed by atoms with Gasteiger partial charge in [-0.05, 0) is 35.7 Å². The van der Waals surface area contributed by atoms with E-state index in [0.717, 1.165) is 45.0 Å². The number of hydrogen-bond donors (Lipinski definition) is 1. The highest BCUT2D eigenvalue weighted by Crippen LogP contribution is 2.22. The standard InChI is InChI=1S/C20H25FN2O/c1-16-5-2-3-6-18(16)14-22-15-20(23-9-11-24-12-10-23)17-7-4-8-19(21)13-17/h2-8,13,20,22H,9-12,14-15H2,1H3. The molecule has 2 aromatic carbocycles. The number of morpholine rings is 1. The van der Waals surface area contributed by atoms with E-state index in [1.165, 1.54) is 17.2 Å². The van der Waals surface area contributed by atoms with Crippen LogP contribution in [-0.2, 0) is 11.3 Å². The van der Waals surface area contributed by atoms with E-state index in [4.69, 9.17) is 4.74 Å². The second-order valence-corrected chi connectivity index (χ2v) is 6.28. The Morgan fingerprint density at radius 2 is 1.92 bits per heavy atom. The highest BCUT2D eigenvalue weighted by atomic mass is 19.1. The first-order chi connectivity index (χ1) is 11.7. The normalized spacial score (nSPS) is 16.9. The van der Waals surface area contributed by atoms with Crippen molar-refractivity contribution in [3.05, 3.63) is 71.0 Å². The van der Waals surface area contributed by atoms with Gasteiger partial charge in [-0.15, -0.1) is 0 Å². The Bertz CT molecular complexity index is 656. The van der Waals surface area contributed by atoms with E-state index in [1.54, 1.807) is 12.1 Å². The molecular formula is C20H25FN2O. The van der Waals surface area contributed by atoms with Crippen molar-refractivity contribution in [1.29, 1.82) is 0 Å². The summed E-state index contributed by atoms with van der Waals surface area (Å²) in [5.74, 6) is -0.176. The Balaban J connectivity index is 1.69. The van der Waals surface area contributed by atoms with Gasteiger partial charge in [-0.25, -0.2) is 4.39 Å². The van der Waals surface area contributed by atoms with Crippen molar-refractivity contribution >= 4 is 0 Å². The lowest BCUT2D eigenvalue weighted by Gasteiger charge is -2.35. The first kappa shape index (κ1) is 17.1. The molecule has 0 saturated carbocycles. The van der Waals surface area contributed by atoms with Crippen LogP contribution in [0.5, 0.6) is 0 Å². The minimum Gasteiger partial charge on any atom is -0.379 e. The van der Waals surface area contributed by atoms with Crippen LogP contribution in [0.3, 0.4) is 0 Å². The van der Waals surface area contributed by atoms with E-state index in [0.29, 0.717) is 0 Å². The van der Waals surface area contributed by atoms with Gasteiger partial charge in [0.1, 0.15) is 5.82 Å². The van der Waals surface area contributed by atoms with E-state index < -0.39 is 0 Å². The average Bonchev–Trinajstić information content (AvgIpc) is 2.61. The number of aryl methyl sites for hydroxylation is 1. The van der Waals surface area contributed by atoms with E-state index in [1.807, 2.05) is 6.07 Å². The fourth-order valence-corrected chi connectivity index (χ4v) is 3.21. The monoisotopic (exact) mass is 328 g/mol. The molecule has 1 heterocycles. The van der Waals surface area contributed by atoms with Gasteiger partial charge in [0.05, 0.1) is 13.2 Å². The van der Waals surface area contributed by atoms with Gasteiger partial charge in [-0.3, -0.25) is 4.90 Å². The molecule has 0 spiro atoms. The minimum atomic E-state index is -0.176. The molecule has 0 aliphatic carbocycles. The predicted molar refractivity (Wildman–Crippen MR) is 94.4 cm³/mol. The zero-order chi connectivity index (χ0) is 16.8. The van der Waals surface area contributed by atoms with Crippen molar-refractivity contribution in [3.63, 3.8) is 0 Å². The Morgan fingerprint density at radius 1 is 1.12 bits per heavy atom. The van der Waals surface area contributed by atoms with E-state index in [9.17, 15) is 4.39 Å². The number of halogens is 1. The average molecular weight is 328 g/mol. The van der Waals surface area contributed by atoms with E-state index in [-0.39, 0.29) is 11.9 Å². The largest absolute Gasteiger partial charge is 0.379 e. The number of benzene rings is 2. The molecule has 1 aliphatic heterocycles. The summed E-state index contributed by atoms with van der Waals surface area (Å²) in [6.07, 6.45) is 0. The lowest BCUT2D eigenvalue weighted by molar-refractivity contribution is 0.0160. The summed E-state index contributed by atoms with van der Waals surface area (Å²) < 4.78 is 19.1. The molecule has 1 aliphatic rings. The van der Waals surface area contributed by atoms with Crippen LogP contribution in [-0.4, -0.2) is 37.7 Å². The van der Waals surface area contributed by atoms with Crippen molar-refractivity contribution in [3.8, 4) is 0 Å². The molecule has 0 radical (unpaired) electrons. The maximum Gasteiger partial charge on any atom is 0.123 e. The van der Waals surface area contributed by atoms with Gasteiger partial charge in [-0.2, -0.15) is 0 Å². The van der Waals surface area contributed by atoms with Crippen LogP contribution in [0.1, 0.15) is 22.7 Å². The van der Waals surface area contributed by atoms with Gasteiger partial charge in [0.15, 0.2) is 0 Å². The number of nitrogens with one attached hydrogen (secondary N) is 1. The SMILES string of the molecule is Cc1ccccc1CNCC(c1cccc(F)c1)N1CCOCC1.